The number of benzene rings is 1. The molecule has 0 heterocycles. The van der Waals surface area contributed by atoms with Crippen molar-refractivity contribution >= 4 is 0 Å². The Balaban J connectivity index is 2.49. The molecule has 19 heavy (non-hydrogen) atoms. The van der Waals surface area contributed by atoms with Crippen LogP contribution in [0.4, 0.5) is 0 Å². The summed E-state index contributed by atoms with van der Waals surface area (Å²) < 4.78 is 5.07. The topological polar surface area (TPSA) is 21.3 Å². The van der Waals surface area contributed by atoms with Crippen molar-refractivity contribution in [1.82, 2.24) is 5.32 Å². The van der Waals surface area contributed by atoms with Crippen LogP contribution in [0.5, 0.6) is 0 Å². The number of hydrogen-bond acceptors (Lipinski definition) is 2. The molecule has 108 valence electrons. The van der Waals surface area contributed by atoms with Gasteiger partial charge in [-0.15, -0.1) is 0 Å². The molecular weight excluding hydrogens is 234 g/mol. The first-order valence-corrected chi connectivity index (χ1v) is 7.43. The number of nitrogens with one attached hydrogen (secondary N) is 1. The summed E-state index contributed by atoms with van der Waals surface area (Å²) in [5, 5.41) is 3.49. The van der Waals surface area contributed by atoms with Crippen LogP contribution >= 0.6 is 0 Å². The van der Waals surface area contributed by atoms with Crippen LogP contribution in [-0.2, 0) is 11.2 Å². The number of ether oxygens (including phenoxy) is 1. The molecule has 0 aromatic heterocycles. The van der Waals surface area contributed by atoms with E-state index >= 15 is 0 Å². The molecule has 0 saturated heterocycles. The molecule has 1 aromatic carbocycles. The van der Waals surface area contributed by atoms with Crippen LogP contribution in [0.2, 0.25) is 0 Å². The summed E-state index contributed by atoms with van der Waals surface area (Å²) in [5.41, 5.74) is 4.25. The summed E-state index contributed by atoms with van der Waals surface area (Å²) in [6, 6.07) is 6.86. The molecular formula is C17H29NO. The van der Waals surface area contributed by atoms with Gasteiger partial charge in [-0.25, -0.2) is 0 Å². The highest BCUT2D eigenvalue weighted by Gasteiger charge is 2.09. The minimum atomic E-state index is 0.726. The summed E-state index contributed by atoms with van der Waals surface area (Å²) in [6.07, 6.45) is 3.71. The van der Waals surface area contributed by atoms with Gasteiger partial charge < -0.3 is 10.1 Å². The Labute approximate surface area is 118 Å². The van der Waals surface area contributed by atoms with Gasteiger partial charge in [-0.1, -0.05) is 31.5 Å². The third-order valence-electron chi connectivity index (χ3n) is 3.71. The maximum atomic E-state index is 5.07. The van der Waals surface area contributed by atoms with E-state index in [0.717, 1.165) is 25.6 Å². The highest BCUT2D eigenvalue weighted by Crippen LogP contribution is 2.16. The molecule has 0 fully saturated rings. The van der Waals surface area contributed by atoms with Crippen LogP contribution in [0.25, 0.3) is 0 Å². The molecule has 0 aliphatic carbocycles. The first-order chi connectivity index (χ1) is 9.17. The van der Waals surface area contributed by atoms with Gasteiger partial charge in [-0.05, 0) is 55.8 Å². The Bertz CT molecular complexity index is 362. The monoisotopic (exact) mass is 263 g/mol. The van der Waals surface area contributed by atoms with Gasteiger partial charge in [0.2, 0.25) is 0 Å². The number of hydrogen-bond donors (Lipinski definition) is 1. The fraction of sp³-hybridized carbons (Fsp3) is 0.647. The molecule has 2 nitrogen and oxygen atoms in total. The van der Waals surface area contributed by atoms with Gasteiger partial charge in [0.05, 0.1) is 6.61 Å². The summed E-state index contributed by atoms with van der Waals surface area (Å²) in [6.45, 7) is 9.47. The van der Waals surface area contributed by atoms with E-state index in [1.54, 1.807) is 7.11 Å². The largest absolute Gasteiger partial charge is 0.383 e. The van der Waals surface area contributed by atoms with Gasteiger partial charge in [0.25, 0.3) is 0 Å². The summed E-state index contributed by atoms with van der Waals surface area (Å²) in [5.74, 6) is 0.726. The van der Waals surface area contributed by atoms with Gasteiger partial charge in [-0.2, -0.15) is 0 Å². The third kappa shape index (κ3) is 6.22. The standard InChI is InChI=1S/C17H29NO/c1-5-6-17(13-18-9-10-19-4)12-16-8-7-14(2)15(3)11-16/h7-8,11,17-18H,5-6,9-10,12-13H2,1-4H3. The van der Waals surface area contributed by atoms with Crippen molar-refractivity contribution in [3.63, 3.8) is 0 Å². The van der Waals surface area contributed by atoms with Gasteiger partial charge in [0.1, 0.15) is 0 Å². The fourth-order valence-electron chi connectivity index (χ4n) is 2.43. The van der Waals surface area contributed by atoms with Crippen molar-refractivity contribution in [1.29, 1.82) is 0 Å². The molecule has 0 bridgehead atoms. The van der Waals surface area contributed by atoms with Crippen molar-refractivity contribution in [3.8, 4) is 0 Å². The Morgan fingerprint density at radius 2 is 2.00 bits per heavy atom. The molecule has 1 N–H and O–H groups in total. The van der Waals surface area contributed by atoms with Crippen LogP contribution in [0, 0.1) is 19.8 Å². The molecule has 0 radical (unpaired) electrons. The van der Waals surface area contributed by atoms with Gasteiger partial charge in [0, 0.05) is 13.7 Å². The molecule has 0 amide bonds. The van der Waals surface area contributed by atoms with E-state index in [-0.39, 0.29) is 0 Å². The van der Waals surface area contributed by atoms with Gasteiger partial charge in [-0.3, -0.25) is 0 Å². The van der Waals surface area contributed by atoms with Crippen molar-refractivity contribution < 1.29 is 4.74 Å². The van der Waals surface area contributed by atoms with Crippen LogP contribution in [0.1, 0.15) is 36.5 Å². The molecule has 0 aliphatic heterocycles. The molecule has 2 heteroatoms. The minimum absolute atomic E-state index is 0.726. The fourth-order valence-corrected chi connectivity index (χ4v) is 2.43. The zero-order valence-corrected chi connectivity index (χ0v) is 13.0. The average Bonchev–Trinajstić information content (AvgIpc) is 2.39. The second kappa shape index (κ2) is 9.11. The van der Waals surface area contributed by atoms with E-state index in [9.17, 15) is 0 Å². The van der Waals surface area contributed by atoms with Gasteiger partial charge in [0.15, 0.2) is 0 Å². The van der Waals surface area contributed by atoms with E-state index < -0.39 is 0 Å². The van der Waals surface area contributed by atoms with Crippen molar-refractivity contribution in [3.05, 3.63) is 34.9 Å². The second-order valence-corrected chi connectivity index (χ2v) is 5.47. The van der Waals surface area contributed by atoms with E-state index in [2.05, 4.69) is 44.3 Å². The Morgan fingerprint density at radius 1 is 1.21 bits per heavy atom. The van der Waals surface area contributed by atoms with Gasteiger partial charge >= 0.3 is 0 Å². The maximum absolute atomic E-state index is 5.07. The summed E-state index contributed by atoms with van der Waals surface area (Å²) in [4.78, 5) is 0. The number of methoxy groups -OCH3 is 1. The summed E-state index contributed by atoms with van der Waals surface area (Å²) in [7, 11) is 1.75. The predicted octanol–water partition coefficient (Wildman–Crippen LogP) is 3.50. The Hall–Kier alpha value is -0.860. The molecule has 1 atom stereocenters. The molecule has 0 aliphatic rings. The predicted molar refractivity (Wildman–Crippen MR) is 82.8 cm³/mol. The second-order valence-electron chi connectivity index (χ2n) is 5.47. The lowest BCUT2D eigenvalue weighted by molar-refractivity contribution is 0.197. The van der Waals surface area contributed by atoms with Crippen molar-refractivity contribution in [2.75, 3.05) is 26.8 Å². The third-order valence-corrected chi connectivity index (χ3v) is 3.71. The Kier molecular flexibility index (Phi) is 7.76. The molecule has 1 unspecified atom stereocenters. The lowest BCUT2D eigenvalue weighted by Gasteiger charge is -2.17. The quantitative estimate of drug-likeness (QED) is 0.689. The van der Waals surface area contributed by atoms with E-state index in [1.807, 2.05) is 0 Å². The lowest BCUT2D eigenvalue weighted by Crippen LogP contribution is -2.27. The number of aryl methyl sites for hydroxylation is 2. The van der Waals surface area contributed by atoms with E-state index in [1.165, 1.54) is 36.0 Å². The highest BCUT2D eigenvalue weighted by atomic mass is 16.5. The molecule has 1 rings (SSSR count). The van der Waals surface area contributed by atoms with Crippen molar-refractivity contribution in [2.45, 2.75) is 40.0 Å². The minimum Gasteiger partial charge on any atom is -0.383 e. The lowest BCUT2D eigenvalue weighted by atomic mass is 9.93. The first-order valence-electron chi connectivity index (χ1n) is 7.43. The van der Waals surface area contributed by atoms with E-state index in [0.29, 0.717) is 0 Å². The first kappa shape index (κ1) is 16.2. The zero-order valence-electron chi connectivity index (χ0n) is 13.0. The summed E-state index contributed by atoms with van der Waals surface area (Å²) >= 11 is 0. The van der Waals surface area contributed by atoms with Crippen LogP contribution in [0.15, 0.2) is 18.2 Å². The Morgan fingerprint density at radius 3 is 2.63 bits per heavy atom. The highest BCUT2D eigenvalue weighted by molar-refractivity contribution is 5.30. The number of rotatable bonds is 9. The maximum Gasteiger partial charge on any atom is 0.0587 e. The average molecular weight is 263 g/mol. The normalized spacial score (nSPS) is 12.6. The van der Waals surface area contributed by atoms with Crippen LogP contribution < -0.4 is 5.32 Å². The molecule has 0 saturated carbocycles. The van der Waals surface area contributed by atoms with Crippen molar-refractivity contribution in [2.24, 2.45) is 5.92 Å². The molecule has 0 spiro atoms. The molecule has 1 aromatic rings. The SMILES string of the molecule is CCCC(CNCCOC)Cc1ccc(C)c(C)c1. The van der Waals surface area contributed by atoms with Crippen LogP contribution in [0.3, 0.4) is 0 Å². The zero-order chi connectivity index (χ0) is 14.1. The van der Waals surface area contributed by atoms with E-state index in [4.69, 9.17) is 4.74 Å². The van der Waals surface area contributed by atoms with Crippen LogP contribution in [-0.4, -0.2) is 26.8 Å². The smallest absolute Gasteiger partial charge is 0.0587 e.